The van der Waals surface area contributed by atoms with Crippen LogP contribution >= 0.6 is 11.6 Å². The zero-order valence-corrected chi connectivity index (χ0v) is 8.51. The van der Waals surface area contributed by atoms with E-state index in [0.29, 0.717) is 10.9 Å². The summed E-state index contributed by atoms with van der Waals surface area (Å²) < 4.78 is 5.12. The number of amidine groups is 1. The van der Waals surface area contributed by atoms with E-state index >= 15 is 0 Å². The molecule has 0 aromatic carbocycles. The van der Waals surface area contributed by atoms with Gasteiger partial charge in [-0.1, -0.05) is 11.6 Å². The second-order valence-electron chi connectivity index (χ2n) is 2.83. The molecule has 0 saturated heterocycles. The SMILES string of the molecule is COc1nccc(Cl)c1C1=NCCN1. The third kappa shape index (κ3) is 1.53. The highest BCUT2D eigenvalue weighted by atomic mass is 35.5. The van der Waals surface area contributed by atoms with Crippen LogP contribution in [0, 0.1) is 0 Å². The van der Waals surface area contributed by atoms with E-state index in [1.807, 2.05) is 0 Å². The van der Waals surface area contributed by atoms with Crippen LogP contribution in [0.25, 0.3) is 0 Å². The Morgan fingerprint density at radius 2 is 2.43 bits per heavy atom. The number of nitrogens with one attached hydrogen (secondary N) is 1. The Kier molecular flexibility index (Phi) is 2.54. The van der Waals surface area contributed by atoms with E-state index in [1.165, 1.54) is 0 Å². The van der Waals surface area contributed by atoms with Gasteiger partial charge in [-0.25, -0.2) is 4.98 Å². The number of halogens is 1. The second kappa shape index (κ2) is 3.84. The number of aliphatic imine (C=N–C) groups is 1. The minimum atomic E-state index is 0.505. The van der Waals surface area contributed by atoms with E-state index in [-0.39, 0.29) is 0 Å². The molecular formula is C9H10ClN3O. The Morgan fingerprint density at radius 1 is 1.57 bits per heavy atom. The predicted molar refractivity (Wildman–Crippen MR) is 55.2 cm³/mol. The largest absolute Gasteiger partial charge is 0.480 e. The number of aromatic nitrogens is 1. The minimum Gasteiger partial charge on any atom is -0.480 e. The van der Waals surface area contributed by atoms with Gasteiger partial charge in [0.15, 0.2) is 0 Å². The van der Waals surface area contributed by atoms with Crippen LogP contribution in [0.5, 0.6) is 5.88 Å². The van der Waals surface area contributed by atoms with Gasteiger partial charge in [0.25, 0.3) is 0 Å². The van der Waals surface area contributed by atoms with Crippen LogP contribution in [0.1, 0.15) is 5.56 Å². The Balaban J connectivity index is 2.48. The first-order valence-corrected chi connectivity index (χ1v) is 4.68. The second-order valence-corrected chi connectivity index (χ2v) is 3.24. The average molecular weight is 212 g/mol. The van der Waals surface area contributed by atoms with Crippen molar-refractivity contribution in [3.63, 3.8) is 0 Å². The topological polar surface area (TPSA) is 46.5 Å². The van der Waals surface area contributed by atoms with Gasteiger partial charge in [-0.05, 0) is 6.07 Å². The zero-order valence-electron chi connectivity index (χ0n) is 7.75. The normalized spacial score (nSPS) is 14.9. The maximum Gasteiger partial charge on any atom is 0.225 e. The van der Waals surface area contributed by atoms with E-state index in [0.717, 1.165) is 24.5 Å². The van der Waals surface area contributed by atoms with Crippen molar-refractivity contribution in [2.75, 3.05) is 20.2 Å². The number of methoxy groups -OCH3 is 1. The Morgan fingerprint density at radius 3 is 3.07 bits per heavy atom. The lowest BCUT2D eigenvalue weighted by Crippen LogP contribution is -2.20. The van der Waals surface area contributed by atoms with E-state index < -0.39 is 0 Å². The molecule has 1 aliphatic rings. The quantitative estimate of drug-likeness (QED) is 0.797. The van der Waals surface area contributed by atoms with Crippen LogP contribution in [0.15, 0.2) is 17.3 Å². The summed E-state index contributed by atoms with van der Waals surface area (Å²) in [6.45, 7) is 1.60. The zero-order chi connectivity index (χ0) is 9.97. The molecule has 0 unspecified atom stereocenters. The maximum atomic E-state index is 6.05. The number of pyridine rings is 1. The third-order valence-corrected chi connectivity index (χ3v) is 2.28. The molecule has 1 aliphatic heterocycles. The van der Waals surface area contributed by atoms with Gasteiger partial charge in [0.2, 0.25) is 5.88 Å². The smallest absolute Gasteiger partial charge is 0.225 e. The van der Waals surface area contributed by atoms with Crippen molar-refractivity contribution in [1.29, 1.82) is 0 Å². The molecule has 14 heavy (non-hydrogen) atoms. The van der Waals surface area contributed by atoms with Crippen molar-refractivity contribution >= 4 is 17.4 Å². The predicted octanol–water partition coefficient (Wildman–Crippen LogP) is 1.09. The highest BCUT2D eigenvalue weighted by Crippen LogP contribution is 2.24. The molecule has 2 heterocycles. The molecule has 1 aromatic rings. The first kappa shape index (κ1) is 9.27. The van der Waals surface area contributed by atoms with Gasteiger partial charge in [0, 0.05) is 12.7 Å². The summed E-state index contributed by atoms with van der Waals surface area (Å²) in [4.78, 5) is 8.35. The molecule has 2 rings (SSSR count). The number of nitrogens with zero attached hydrogens (tertiary/aromatic N) is 2. The maximum absolute atomic E-state index is 6.05. The lowest BCUT2D eigenvalue weighted by atomic mass is 10.2. The highest BCUT2D eigenvalue weighted by Gasteiger charge is 2.17. The molecule has 0 radical (unpaired) electrons. The van der Waals surface area contributed by atoms with Gasteiger partial charge >= 0.3 is 0 Å². The fraction of sp³-hybridized carbons (Fsp3) is 0.333. The van der Waals surface area contributed by atoms with Crippen LogP contribution in [-0.2, 0) is 0 Å². The molecule has 0 aliphatic carbocycles. The first-order valence-electron chi connectivity index (χ1n) is 4.30. The van der Waals surface area contributed by atoms with E-state index in [9.17, 15) is 0 Å². The van der Waals surface area contributed by atoms with Crippen molar-refractivity contribution in [3.05, 3.63) is 22.8 Å². The molecule has 0 atom stereocenters. The standard InChI is InChI=1S/C9H10ClN3O/c1-14-9-7(6(10)2-3-13-9)8-11-4-5-12-8/h2-3H,4-5H2,1H3,(H,11,12). The van der Waals surface area contributed by atoms with Gasteiger partial charge in [-0.3, -0.25) is 4.99 Å². The number of ether oxygens (including phenoxy) is 1. The number of hydrogen-bond donors (Lipinski definition) is 1. The van der Waals surface area contributed by atoms with Gasteiger partial charge in [0.05, 0.1) is 24.2 Å². The van der Waals surface area contributed by atoms with Gasteiger partial charge in [-0.15, -0.1) is 0 Å². The van der Waals surface area contributed by atoms with Crippen molar-refractivity contribution < 1.29 is 4.74 Å². The lowest BCUT2D eigenvalue weighted by molar-refractivity contribution is 0.397. The van der Waals surface area contributed by atoms with Crippen LogP contribution in [-0.4, -0.2) is 31.0 Å². The van der Waals surface area contributed by atoms with Crippen molar-refractivity contribution in [3.8, 4) is 5.88 Å². The van der Waals surface area contributed by atoms with Gasteiger partial charge in [-0.2, -0.15) is 0 Å². The summed E-state index contributed by atoms with van der Waals surface area (Å²) in [6.07, 6.45) is 1.61. The lowest BCUT2D eigenvalue weighted by Gasteiger charge is -2.08. The summed E-state index contributed by atoms with van der Waals surface area (Å²) in [5, 5.41) is 3.74. The van der Waals surface area contributed by atoms with Crippen LogP contribution in [0.4, 0.5) is 0 Å². The molecule has 4 nitrogen and oxygen atoms in total. The Bertz CT molecular complexity index is 378. The molecule has 0 saturated carbocycles. The van der Waals surface area contributed by atoms with Crippen molar-refractivity contribution in [1.82, 2.24) is 10.3 Å². The van der Waals surface area contributed by atoms with Crippen molar-refractivity contribution in [2.24, 2.45) is 4.99 Å². The number of rotatable bonds is 2. The summed E-state index contributed by atoms with van der Waals surface area (Å²) in [7, 11) is 1.57. The van der Waals surface area contributed by atoms with Gasteiger partial charge < -0.3 is 10.1 Å². The summed E-state index contributed by atoms with van der Waals surface area (Å²) in [5.41, 5.74) is 0.745. The molecule has 0 spiro atoms. The first-order chi connectivity index (χ1) is 6.83. The molecule has 0 amide bonds. The summed E-state index contributed by atoms with van der Waals surface area (Å²) in [5.74, 6) is 1.27. The van der Waals surface area contributed by atoms with Crippen LogP contribution in [0.2, 0.25) is 5.02 Å². The fourth-order valence-corrected chi connectivity index (χ4v) is 1.58. The van der Waals surface area contributed by atoms with Crippen LogP contribution < -0.4 is 10.1 Å². The molecule has 0 bridgehead atoms. The Hall–Kier alpha value is -1.29. The molecule has 74 valence electrons. The fourth-order valence-electron chi connectivity index (χ4n) is 1.35. The number of hydrogen-bond acceptors (Lipinski definition) is 4. The molecular weight excluding hydrogens is 202 g/mol. The Labute approximate surface area is 87.0 Å². The molecule has 1 aromatic heterocycles. The van der Waals surface area contributed by atoms with Crippen molar-refractivity contribution in [2.45, 2.75) is 0 Å². The van der Waals surface area contributed by atoms with E-state index in [4.69, 9.17) is 16.3 Å². The van der Waals surface area contributed by atoms with E-state index in [2.05, 4.69) is 15.3 Å². The third-order valence-electron chi connectivity index (χ3n) is 1.97. The van der Waals surface area contributed by atoms with Gasteiger partial charge in [0.1, 0.15) is 5.84 Å². The monoisotopic (exact) mass is 211 g/mol. The summed E-state index contributed by atoms with van der Waals surface area (Å²) >= 11 is 6.05. The molecule has 5 heteroatoms. The highest BCUT2D eigenvalue weighted by molar-refractivity contribution is 6.34. The summed E-state index contributed by atoms with van der Waals surface area (Å²) in [6, 6.07) is 1.72. The molecule has 1 N–H and O–H groups in total. The average Bonchev–Trinajstić information content (AvgIpc) is 2.70. The molecule has 0 fully saturated rings. The van der Waals surface area contributed by atoms with Crippen LogP contribution in [0.3, 0.4) is 0 Å². The minimum absolute atomic E-state index is 0.505. The van der Waals surface area contributed by atoms with E-state index in [1.54, 1.807) is 19.4 Å².